The topological polar surface area (TPSA) is 99.5 Å². The second-order valence-electron chi connectivity index (χ2n) is 9.85. The van der Waals surface area contributed by atoms with Gasteiger partial charge in [0.2, 0.25) is 0 Å². The molecule has 0 radical (unpaired) electrons. The predicted octanol–water partition coefficient (Wildman–Crippen LogP) is 2.34. The summed E-state index contributed by atoms with van der Waals surface area (Å²) in [5.74, 6) is -0.586. The highest BCUT2D eigenvalue weighted by molar-refractivity contribution is 5.94. The Morgan fingerprint density at radius 1 is 0.800 bits per heavy atom. The van der Waals surface area contributed by atoms with Crippen LogP contribution in [0.2, 0.25) is 0 Å². The maximum atomic E-state index is 11.9. The van der Waals surface area contributed by atoms with E-state index >= 15 is 0 Å². The highest BCUT2D eigenvalue weighted by atomic mass is 16.5. The van der Waals surface area contributed by atoms with Gasteiger partial charge in [0.05, 0.1) is 23.3 Å². The largest absolute Gasteiger partial charge is 0.457 e. The molecule has 2 atom stereocenters. The molecule has 3 heterocycles. The first-order valence-electron chi connectivity index (χ1n) is 12.1. The van der Waals surface area contributed by atoms with Crippen molar-refractivity contribution in [3.63, 3.8) is 0 Å². The SMILES string of the molecule is Cc1cc2c(c(C)c1C(O)CN1CCN(C[C@@H](O)c3ccc4c(c3C)COC4=O)CC1)COC2=O. The van der Waals surface area contributed by atoms with Gasteiger partial charge >= 0.3 is 11.9 Å². The van der Waals surface area contributed by atoms with E-state index in [1.54, 1.807) is 6.07 Å². The molecule has 0 spiro atoms. The fourth-order valence-electron chi connectivity index (χ4n) is 5.70. The van der Waals surface area contributed by atoms with Crippen LogP contribution in [0.5, 0.6) is 0 Å². The Hall–Kier alpha value is -2.78. The maximum Gasteiger partial charge on any atom is 0.338 e. The van der Waals surface area contributed by atoms with Gasteiger partial charge < -0.3 is 19.7 Å². The average molecular weight is 481 g/mol. The molecule has 1 fully saturated rings. The van der Waals surface area contributed by atoms with Gasteiger partial charge in [0.1, 0.15) is 13.2 Å². The van der Waals surface area contributed by atoms with Gasteiger partial charge in [-0.15, -0.1) is 0 Å². The Morgan fingerprint density at radius 2 is 1.34 bits per heavy atom. The van der Waals surface area contributed by atoms with Crippen LogP contribution >= 0.6 is 0 Å². The summed E-state index contributed by atoms with van der Waals surface area (Å²) in [5, 5.41) is 22.0. The van der Waals surface area contributed by atoms with E-state index in [1.165, 1.54) is 0 Å². The highest BCUT2D eigenvalue weighted by Crippen LogP contribution is 2.33. The molecule has 0 aromatic heterocycles. The van der Waals surface area contributed by atoms with Crippen molar-refractivity contribution in [2.75, 3.05) is 39.3 Å². The summed E-state index contributed by atoms with van der Waals surface area (Å²) >= 11 is 0. The lowest BCUT2D eigenvalue weighted by molar-refractivity contribution is 0.0477. The zero-order chi connectivity index (χ0) is 24.9. The number of aliphatic hydroxyl groups is 2. The van der Waals surface area contributed by atoms with Crippen LogP contribution in [0.25, 0.3) is 0 Å². The summed E-state index contributed by atoms with van der Waals surface area (Å²) in [6, 6.07) is 5.41. The van der Waals surface area contributed by atoms with Gasteiger partial charge in [-0.25, -0.2) is 9.59 Å². The lowest BCUT2D eigenvalue weighted by Crippen LogP contribution is -2.48. The van der Waals surface area contributed by atoms with Crippen LogP contribution in [0, 0.1) is 20.8 Å². The van der Waals surface area contributed by atoms with Gasteiger partial charge in [-0.2, -0.15) is 0 Å². The molecule has 3 aliphatic rings. The number of aliphatic hydroxyl groups excluding tert-OH is 2. The summed E-state index contributed by atoms with van der Waals surface area (Å²) in [6.07, 6.45) is -1.29. The van der Waals surface area contributed by atoms with Crippen molar-refractivity contribution in [3.8, 4) is 0 Å². The van der Waals surface area contributed by atoms with Crippen molar-refractivity contribution in [3.05, 3.63) is 68.3 Å². The summed E-state index contributed by atoms with van der Waals surface area (Å²) in [4.78, 5) is 28.2. The monoisotopic (exact) mass is 480 g/mol. The number of cyclic esters (lactones) is 2. The molecule has 0 aliphatic carbocycles. The smallest absolute Gasteiger partial charge is 0.338 e. The molecule has 186 valence electrons. The number of aryl methyl sites for hydroxylation is 1. The Morgan fingerprint density at radius 3 is 1.97 bits per heavy atom. The molecule has 5 rings (SSSR count). The molecule has 35 heavy (non-hydrogen) atoms. The Labute approximate surface area is 205 Å². The first-order valence-corrected chi connectivity index (χ1v) is 12.1. The summed E-state index contributed by atoms with van der Waals surface area (Å²) < 4.78 is 10.3. The van der Waals surface area contributed by atoms with E-state index in [2.05, 4.69) is 9.80 Å². The van der Waals surface area contributed by atoms with Crippen LogP contribution in [-0.2, 0) is 22.7 Å². The van der Waals surface area contributed by atoms with Crippen LogP contribution in [0.1, 0.15) is 71.9 Å². The molecule has 0 amide bonds. The minimum Gasteiger partial charge on any atom is -0.457 e. The molecule has 2 aromatic rings. The fourth-order valence-corrected chi connectivity index (χ4v) is 5.70. The van der Waals surface area contributed by atoms with Crippen molar-refractivity contribution in [1.82, 2.24) is 9.80 Å². The van der Waals surface area contributed by atoms with Crippen molar-refractivity contribution >= 4 is 11.9 Å². The van der Waals surface area contributed by atoms with Gasteiger partial charge in [0.25, 0.3) is 0 Å². The maximum absolute atomic E-state index is 11.9. The van der Waals surface area contributed by atoms with Crippen LogP contribution < -0.4 is 0 Å². The Balaban J connectivity index is 1.18. The fraction of sp³-hybridized carbons (Fsp3) is 0.481. The second-order valence-corrected chi connectivity index (χ2v) is 9.85. The minimum atomic E-state index is -0.646. The summed E-state index contributed by atoms with van der Waals surface area (Å²) in [7, 11) is 0. The minimum absolute atomic E-state index is 0.272. The van der Waals surface area contributed by atoms with Gasteiger partial charge in [-0.1, -0.05) is 6.07 Å². The number of benzene rings is 2. The number of carbonyl (C=O) groups is 2. The van der Waals surface area contributed by atoms with Gasteiger partial charge in [-0.3, -0.25) is 9.80 Å². The van der Waals surface area contributed by atoms with Crippen molar-refractivity contribution in [2.24, 2.45) is 0 Å². The number of β-amino-alcohol motifs (C(OH)–C–C–N with tert-alkyl or cyclic N) is 2. The molecule has 2 aromatic carbocycles. The summed E-state index contributed by atoms with van der Waals surface area (Å²) in [5.41, 5.74) is 7.46. The van der Waals surface area contributed by atoms with Gasteiger partial charge in [-0.05, 0) is 60.7 Å². The Kier molecular flexibility index (Phi) is 6.40. The van der Waals surface area contributed by atoms with E-state index < -0.39 is 12.2 Å². The molecule has 8 nitrogen and oxygen atoms in total. The number of piperazine rings is 1. The van der Waals surface area contributed by atoms with Crippen LogP contribution in [-0.4, -0.2) is 71.2 Å². The van der Waals surface area contributed by atoms with Crippen molar-refractivity contribution in [1.29, 1.82) is 0 Å². The van der Waals surface area contributed by atoms with Gasteiger partial charge in [0.15, 0.2) is 0 Å². The second kappa shape index (κ2) is 9.35. The normalized spacial score (nSPS) is 19.8. The summed E-state index contributed by atoms with van der Waals surface area (Å²) in [6.45, 7) is 10.6. The van der Waals surface area contributed by atoms with Crippen molar-refractivity contribution < 1.29 is 29.3 Å². The highest BCUT2D eigenvalue weighted by Gasteiger charge is 2.30. The number of hydrogen-bond acceptors (Lipinski definition) is 8. The van der Waals surface area contributed by atoms with Crippen molar-refractivity contribution in [2.45, 2.75) is 46.2 Å². The molecule has 8 heteroatoms. The first-order chi connectivity index (χ1) is 16.7. The van der Waals surface area contributed by atoms with E-state index in [4.69, 9.17) is 9.47 Å². The molecule has 3 aliphatic heterocycles. The quantitative estimate of drug-likeness (QED) is 0.608. The lowest BCUT2D eigenvalue weighted by atomic mass is 9.91. The van der Waals surface area contributed by atoms with E-state index in [0.29, 0.717) is 24.2 Å². The zero-order valence-corrected chi connectivity index (χ0v) is 20.5. The van der Waals surface area contributed by atoms with E-state index in [0.717, 1.165) is 65.1 Å². The molecule has 2 N–H and O–H groups in total. The first kappa shape index (κ1) is 23.9. The third-order valence-corrected chi connectivity index (χ3v) is 7.76. The molecule has 1 unspecified atom stereocenters. The standard InChI is InChI=1S/C27H32N2O6/c1-15-10-20-22(14-35-27(20)33)17(3)25(15)24(31)12-29-8-6-28(7-9-29)11-23(30)18-4-5-19-21(16(18)2)13-34-26(19)32/h4-5,10,23-24,30-31H,6-9,11-14H2,1-3H3/t23-,24?/m1/s1. The third-order valence-electron chi connectivity index (χ3n) is 7.76. The van der Waals surface area contributed by atoms with Crippen LogP contribution in [0.3, 0.4) is 0 Å². The Bertz CT molecular complexity index is 1180. The van der Waals surface area contributed by atoms with E-state index in [9.17, 15) is 19.8 Å². The number of fused-ring (bicyclic) bond motifs is 2. The predicted molar refractivity (Wildman–Crippen MR) is 128 cm³/mol. The third kappa shape index (κ3) is 4.36. The van der Waals surface area contributed by atoms with E-state index in [1.807, 2.05) is 32.9 Å². The number of nitrogens with zero attached hydrogens (tertiary/aromatic N) is 2. The van der Waals surface area contributed by atoms with Crippen LogP contribution in [0.15, 0.2) is 18.2 Å². The lowest BCUT2D eigenvalue weighted by Gasteiger charge is -2.37. The van der Waals surface area contributed by atoms with Gasteiger partial charge in [0, 0.05) is 50.4 Å². The number of hydrogen-bond donors (Lipinski definition) is 2. The number of ether oxygens (including phenoxy) is 2. The molecular formula is C27H32N2O6. The molecular weight excluding hydrogens is 448 g/mol. The average Bonchev–Trinajstić information content (AvgIpc) is 3.38. The molecule has 0 saturated carbocycles. The zero-order valence-electron chi connectivity index (χ0n) is 20.5. The number of esters is 2. The van der Waals surface area contributed by atoms with E-state index in [-0.39, 0.29) is 25.2 Å². The molecule has 0 bridgehead atoms. The number of rotatable bonds is 6. The number of carbonyl (C=O) groups excluding carboxylic acids is 2. The molecule has 1 saturated heterocycles. The van der Waals surface area contributed by atoms with Crippen LogP contribution in [0.4, 0.5) is 0 Å².